The average Bonchev–Trinajstić information content (AvgIpc) is 2.60. The second-order valence-electron chi connectivity index (χ2n) is 4.95. The first kappa shape index (κ1) is 14.8. The summed E-state index contributed by atoms with van der Waals surface area (Å²) in [7, 11) is 1.28. The summed E-state index contributed by atoms with van der Waals surface area (Å²) in [5.41, 5.74) is 1.04. The molecular weight excluding hydrogens is 300 g/mol. The summed E-state index contributed by atoms with van der Waals surface area (Å²) < 4.78 is 10.4. The molecule has 1 heterocycles. The quantitative estimate of drug-likeness (QED) is 0.492. The minimum absolute atomic E-state index is 0.0344. The standard InChI is InChI=1S/C16H14N2O5/c1-22-16(19)15-10-17(13-8-4-5-9-14(13)23-15)11-6-2-3-7-12(11)18(20)21/h2-9,15H,10H2,1H3/t15-/m1/s1. The van der Waals surface area contributed by atoms with Crippen molar-refractivity contribution >= 4 is 23.0 Å². The summed E-state index contributed by atoms with van der Waals surface area (Å²) in [5.74, 6) is -0.0459. The molecule has 0 bridgehead atoms. The molecule has 0 fully saturated rings. The summed E-state index contributed by atoms with van der Waals surface area (Å²) in [6, 6.07) is 13.5. The summed E-state index contributed by atoms with van der Waals surface area (Å²) in [6.07, 6.45) is -0.852. The second-order valence-corrected chi connectivity index (χ2v) is 4.95. The smallest absolute Gasteiger partial charge is 0.348 e. The van der Waals surface area contributed by atoms with Crippen LogP contribution in [0.4, 0.5) is 17.1 Å². The van der Waals surface area contributed by atoms with Gasteiger partial charge in [-0.3, -0.25) is 10.1 Å². The number of esters is 1. The van der Waals surface area contributed by atoms with Crippen LogP contribution >= 0.6 is 0 Å². The minimum Gasteiger partial charge on any atom is -0.475 e. The van der Waals surface area contributed by atoms with Crippen LogP contribution in [-0.2, 0) is 9.53 Å². The minimum atomic E-state index is -0.852. The van der Waals surface area contributed by atoms with Crippen molar-refractivity contribution in [2.75, 3.05) is 18.6 Å². The summed E-state index contributed by atoms with van der Waals surface area (Å²) in [5, 5.41) is 11.3. The van der Waals surface area contributed by atoms with Crippen LogP contribution in [0, 0.1) is 10.1 Å². The highest BCUT2D eigenvalue weighted by atomic mass is 16.6. The molecule has 2 aromatic carbocycles. The number of para-hydroxylation sites is 4. The number of hydrogen-bond donors (Lipinski definition) is 0. The molecule has 0 spiro atoms. The molecule has 1 atom stereocenters. The molecule has 1 aliphatic rings. The molecular formula is C16H14N2O5. The van der Waals surface area contributed by atoms with Crippen molar-refractivity contribution in [3.05, 3.63) is 58.6 Å². The first-order chi connectivity index (χ1) is 11.1. The molecule has 3 rings (SSSR count). The van der Waals surface area contributed by atoms with Crippen molar-refractivity contribution < 1.29 is 19.2 Å². The number of benzene rings is 2. The highest BCUT2D eigenvalue weighted by Crippen LogP contribution is 2.41. The van der Waals surface area contributed by atoms with Crippen molar-refractivity contribution in [3.63, 3.8) is 0 Å². The van der Waals surface area contributed by atoms with Gasteiger partial charge in [0.1, 0.15) is 11.4 Å². The molecule has 1 aliphatic heterocycles. The number of nitrogens with zero attached hydrogens (tertiary/aromatic N) is 2. The van der Waals surface area contributed by atoms with Crippen LogP contribution in [0.3, 0.4) is 0 Å². The number of methoxy groups -OCH3 is 1. The van der Waals surface area contributed by atoms with Crippen molar-refractivity contribution in [1.29, 1.82) is 0 Å². The van der Waals surface area contributed by atoms with Gasteiger partial charge >= 0.3 is 5.97 Å². The van der Waals surface area contributed by atoms with E-state index < -0.39 is 17.0 Å². The van der Waals surface area contributed by atoms with Gasteiger partial charge in [0.2, 0.25) is 6.10 Å². The SMILES string of the molecule is COC(=O)[C@H]1CN(c2ccccc2[N+](=O)[O-])c2ccccc2O1. The molecule has 7 heteroatoms. The number of fused-ring (bicyclic) bond motifs is 1. The Morgan fingerprint density at radius 1 is 1.22 bits per heavy atom. The maximum atomic E-state index is 11.9. The summed E-state index contributed by atoms with van der Waals surface area (Å²) in [4.78, 5) is 24.4. The predicted molar refractivity (Wildman–Crippen MR) is 83.0 cm³/mol. The fourth-order valence-electron chi connectivity index (χ4n) is 2.56. The highest BCUT2D eigenvalue weighted by molar-refractivity contribution is 5.82. The Hall–Kier alpha value is -3.09. The Morgan fingerprint density at radius 3 is 2.57 bits per heavy atom. The van der Waals surface area contributed by atoms with E-state index >= 15 is 0 Å². The maximum Gasteiger partial charge on any atom is 0.348 e. The van der Waals surface area contributed by atoms with E-state index in [0.29, 0.717) is 17.1 Å². The highest BCUT2D eigenvalue weighted by Gasteiger charge is 2.34. The average molecular weight is 314 g/mol. The first-order valence-electron chi connectivity index (χ1n) is 6.96. The lowest BCUT2D eigenvalue weighted by Gasteiger charge is -2.34. The number of ether oxygens (including phenoxy) is 2. The van der Waals surface area contributed by atoms with Gasteiger partial charge in [0, 0.05) is 6.07 Å². The fraction of sp³-hybridized carbons (Fsp3) is 0.188. The lowest BCUT2D eigenvalue weighted by molar-refractivity contribution is -0.384. The van der Waals surface area contributed by atoms with Crippen LogP contribution in [-0.4, -0.2) is 30.7 Å². The van der Waals surface area contributed by atoms with Gasteiger partial charge in [-0.15, -0.1) is 0 Å². The van der Waals surface area contributed by atoms with Gasteiger partial charge in [0.25, 0.3) is 5.69 Å². The van der Waals surface area contributed by atoms with Gasteiger partial charge in [0.15, 0.2) is 0 Å². The molecule has 0 radical (unpaired) electrons. The molecule has 0 unspecified atom stereocenters. The lowest BCUT2D eigenvalue weighted by Crippen LogP contribution is -2.43. The van der Waals surface area contributed by atoms with Gasteiger partial charge in [-0.25, -0.2) is 4.79 Å². The van der Waals surface area contributed by atoms with Gasteiger partial charge < -0.3 is 14.4 Å². The van der Waals surface area contributed by atoms with Crippen LogP contribution in [0.5, 0.6) is 5.75 Å². The van der Waals surface area contributed by atoms with Crippen LogP contribution in [0.15, 0.2) is 48.5 Å². The third kappa shape index (κ3) is 2.68. The Kier molecular flexibility index (Phi) is 3.84. The van der Waals surface area contributed by atoms with Crippen LogP contribution in [0.1, 0.15) is 0 Å². The summed E-state index contributed by atoms with van der Waals surface area (Å²) >= 11 is 0. The fourth-order valence-corrected chi connectivity index (χ4v) is 2.56. The van der Waals surface area contributed by atoms with Crippen molar-refractivity contribution in [2.45, 2.75) is 6.10 Å². The number of anilines is 2. The van der Waals surface area contributed by atoms with Crippen LogP contribution in [0.25, 0.3) is 0 Å². The Morgan fingerprint density at radius 2 is 1.87 bits per heavy atom. The van der Waals surface area contributed by atoms with Gasteiger partial charge in [0.05, 0.1) is 24.3 Å². The second kappa shape index (κ2) is 5.96. The monoisotopic (exact) mass is 314 g/mol. The van der Waals surface area contributed by atoms with E-state index in [1.54, 1.807) is 41.3 Å². The van der Waals surface area contributed by atoms with Gasteiger partial charge in [-0.1, -0.05) is 24.3 Å². The zero-order chi connectivity index (χ0) is 16.4. The molecule has 118 valence electrons. The van der Waals surface area contributed by atoms with E-state index in [0.717, 1.165) is 0 Å². The number of nitro groups is 1. The Balaban J connectivity index is 2.11. The maximum absolute atomic E-state index is 11.9. The first-order valence-corrected chi connectivity index (χ1v) is 6.96. The zero-order valence-electron chi connectivity index (χ0n) is 12.3. The third-order valence-corrected chi connectivity index (χ3v) is 3.61. The van der Waals surface area contributed by atoms with E-state index in [2.05, 4.69) is 0 Å². The normalized spacial score (nSPS) is 16.2. The van der Waals surface area contributed by atoms with E-state index in [9.17, 15) is 14.9 Å². The Labute approximate surface area is 132 Å². The molecule has 7 nitrogen and oxygen atoms in total. The molecule has 2 aromatic rings. The third-order valence-electron chi connectivity index (χ3n) is 3.61. The molecule has 23 heavy (non-hydrogen) atoms. The van der Waals surface area contributed by atoms with Crippen molar-refractivity contribution in [1.82, 2.24) is 0 Å². The number of nitro benzene ring substituents is 1. The van der Waals surface area contributed by atoms with E-state index in [4.69, 9.17) is 9.47 Å². The molecule has 0 aromatic heterocycles. The zero-order valence-corrected chi connectivity index (χ0v) is 12.3. The van der Waals surface area contributed by atoms with E-state index in [1.807, 2.05) is 6.07 Å². The van der Waals surface area contributed by atoms with Crippen LogP contribution in [0.2, 0.25) is 0 Å². The molecule has 0 saturated carbocycles. The lowest BCUT2D eigenvalue weighted by atomic mass is 10.1. The van der Waals surface area contributed by atoms with Crippen molar-refractivity contribution in [3.8, 4) is 5.75 Å². The number of hydrogen-bond acceptors (Lipinski definition) is 6. The van der Waals surface area contributed by atoms with E-state index in [-0.39, 0.29) is 12.2 Å². The Bertz CT molecular complexity index is 762. The van der Waals surface area contributed by atoms with Gasteiger partial charge in [-0.05, 0) is 18.2 Å². The number of carbonyl (C=O) groups is 1. The number of carbonyl (C=O) groups excluding carboxylic acids is 1. The number of rotatable bonds is 3. The predicted octanol–water partition coefficient (Wildman–Crippen LogP) is 2.67. The molecule has 0 amide bonds. The molecule has 0 aliphatic carbocycles. The van der Waals surface area contributed by atoms with Gasteiger partial charge in [-0.2, -0.15) is 0 Å². The topological polar surface area (TPSA) is 81.9 Å². The summed E-state index contributed by atoms with van der Waals surface area (Å²) in [6.45, 7) is 0.133. The molecule has 0 N–H and O–H groups in total. The molecule has 0 saturated heterocycles. The largest absolute Gasteiger partial charge is 0.475 e. The van der Waals surface area contributed by atoms with E-state index in [1.165, 1.54) is 13.2 Å². The van der Waals surface area contributed by atoms with Crippen LogP contribution < -0.4 is 9.64 Å². The van der Waals surface area contributed by atoms with Crippen molar-refractivity contribution in [2.24, 2.45) is 0 Å².